The van der Waals surface area contributed by atoms with Crippen molar-refractivity contribution in [3.05, 3.63) is 48.0 Å². The van der Waals surface area contributed by atoms with Crippen LogP contribution >= 0.6 is 0 Å². The molecule has 8 heteroatoms. The van der Waals surface area contributed by atoms with Gasteiger partial charge in [-0.05, 0) is 54.4 Å². The molecule has 0 heterocycles. The van der Waals surface area contributed by atoms with Crippen LogP contribution in [0.1, 0.15) is 38.2 Å². The van der Waals surface area contributed by atoms with Crippen LogP contribution in [0.4, 0.5) is 4.79 Å². The van der Waals surface area contributed by atoms with Crippen molar-refractivity contribution in [3.8, 4) is 23.0 Å². The summed E-state index contributed by atoms with van der Waals surface area (Å²) in [5.74, 6) is 2.73. The second kappa shape index (κ2) is 13.7. The van der Waals surface area contributed by atoms with Crippen LogP contribution in [0.2, 0.25) is 0 Å². The van der Waals surface area contributed by atoms with Gasteiger partial charge in [-0.1, -0.05) is 26.2 Å². The van der Waals surface area contributed by atoms with Gasteiger partial charge in [-0.25, -0.2) is 10.2 Å². The summed E-state index contributed by atoms with van der Waals surface area (Å²) in [6.45, 7) is 3.66. The van der Waals surface area contributed by atoms with Crippen molar-refractivity contribution in [1.82, 2.24) is 5.43 Å². The first-order valence-electron chi connectivity index (χ1n) is 10.4. The standard InChI is InChI=1S/C23H31N3O5/c1-3-4-5-6-13-29-19-8-10-20(11-9-19)30-14-15-31-21-12-7-18(16-22(21)28-2)17-25-26-23(24)27/h7-12,16-17H,3-6,13-15H2,1-2H3,(H3,24,26,27)/b25-17+. The average Bonchev–Trinajstić information content (AvgIpc) is 2.77. The maximum absolute atomic E-state index is 10.6. The minimum Gasteiger partial charge on any atom is -0.494 e. The summed E-state index contributed by atoms with van der Waals surface area (Å²) in [6, 6.07) is 12.1. The summed E-state index contributed by atoms with van der Waals surface area (Å²) in [6.07, 6.45) is 6.20. The summed E-state index contributed by atoms with van der Waals surface area (Å²) in [4.78, 5) is 10.6. The maximum Gasteiger partial charge on any atom is 0.332 e. The first-order valence-corrected chi connectivity index (χ1v) is 10.4. The van der Waals surface area contributed by atoms with Gasteiger partial charge in [0.25, 0.3) is 0 Å². The zero-order valence-corrected chi connectivity index (χ0v) is 18.1. The third-order valence-corrected chi connectivity index (χ3v) is 4.28. The number of nitrogens with two attached hydrogens (primary N) is 1. The highest BCUT2D eigenvalue weighted by Gasteiger charge is 2.06. The average molecular weight is 430 g/mol. The summed E-state index contributed by atoms with van der Waals surface area (Å²) in [7, 11) is 1.55. The van der Waals surface area contributed by atoms with E-state index < -0.39 is 6.03 Å². The van der Waals surface area contributed by atoms with Crippen LogP contribution in [-0.2, 0) is 0 Å². The smallest absolute Gasteiger partial charge is 0.332 e. The number of benzene rings is 2. The zero-order chi connectivity index (χ0) is 22.3. The second-order valence-corrected chi connectivity index (χ2v) is 6.72. The SMILES string of the molecule is CCCCCCOc1ccc(OCCOc2ccc(/C=N/NC(N)=O)cc2OC)cc1. The van der Waals surface area contributed by atoms with Gasteiger partial charge < -0.3 is 24.7 Å². The van der Waals surface area contributed by atoms with Crippen LogP contribution in [0, 0.1) is 0 Å². The largest absolute Gasteiger partial charge is 0.494 e. The fourth-order valence-corrected chi connectivity index (χ4v) is 2.72. The van der Waals surface area contributed by atoms with Gasteiger partial charge >= 0.3 is 6.03 Å². The fraction of sp³-hybridized carbons (Fsp3) is 0.391. The molecule has 0 fully saturated rings. The molecule has 0 atom stereocenters. The lowest BCUT2D eigenvalue weighted by Gasteiger charge is -2.12. The Bertz CT molecular complexity index is 824. The highest BCUT2D eigenvalue weighted by atomic mass is 16.5. The Morgan fingerprint density at radius 1 is 0.935 bits per heavy atom. The normalized spacial score (nSPS) is 10.6. The number of unbranched alkanes of at least 4 members (excludes halogenated alkanes) is 3. The monoisotopic (exact) mass is 429 g/mol. The van der Waals surface area contributed by atoms with E-state index in [1.165, 1.54) is 25.5 Å². The lowest BCUT2D eigenvalue weighted by atomic mass is 10.2. The minimum atomic E-state index is -0.729. The number of hydrogen-bond donors (Lipinski definition) is 2. The Morgan fingerprint density at radius 2 is 1.61 bits per heavy atom. The van der Waals surface area contributed by atoms with Crippen molar-refractivity contribution in [2.24, 2.45) is 10.8 Å². The van der Waals surface area contributed by atoms with Crippen molar-refractivity contribution >= 4 is 12.2 Å². The molecule has 168 valence electrons. The molecule has 8 nitrogen and oxygen atoms in total. The number of nitrogens with zero attached hydrogens (tertiary/aromatic N) is 1. The Morgan fingerprint density at radius 3 is 2.26 bits per heavy atom. The molecule has 2 aromatic carbocycles. The molecule has 0 unspecified atom stereocenters. The van der Waals surface area contributed by atoms with E-state index in [-0.39, 0.29) is 0 Å². The lowest BCUT2D eigenvalue weighted by molar-refractivity contribution is 0.211. The minimum absolute atomic E-state index is 0.350. The molecule has 0 aliphatic carbocycles. The van der Waals surface area contributed by atoms with E-state index in [0.29, 0.717) is 24.7 Å². The zero-order valence-electron chi connectivity index (χ0n) is 18.1. The Kier molecular flexibility index (Phi) is 10.6. The van der Waals surface area contributed by atoms with Crippen molar-refractivity contribution in [3.63, 3.8) is 0 Å². The number of hydrazone groups is 1. The van der Waals surface area contributed by atoms with Crippen LogP contribution in [0.5, 0.6) is 23.0 Å². The van der Waals surface area contributed by atoms with E-state index in [4.69, 9.17) is 24.7 Å². The van der Waals surface area contributed by atoms with Crippen LogP contribution in [0.25, 0.3) is 0 Å². The number of urea groups is 1. The van der Waals surface area contributed by atoms with Gasteiger partial charge in [0.05, 0.1) is 19.9 Å². The van der Waals surface area contributed by atoms with E-state index in [1.807, 2.05) is 24.3 Å². The molecule has 2 aromatic rings. The van der Waals surface area contributed by atoms with Crippen molar-refractivity contribution < 1.29 is 23.7 Å². The van der Waals surface area contributed by atoms with Crippen molar-refractivity contribution in [1.29, 1.82) is 0 Å². The third kappa shape index (κ3) is 9.29. The molecule has 0 aliphatic rings. The van der Waals surface area contributed by atoms with Crippen LogP contribution in [-0.4, -0.2) is 39.2 Å². The van der Waals surface area contributed by atoms with Crippen LogP contribution in [0.15, 0.2) is 47.6 Å². The molecule has 0 aliphatic heterocycles. The topological polar surface area (TPSA) is 104 Å². The summed E-state index contributed by atoms with van der Waals surface area (Å²) >= 11 is 0. The van der Waals surface area contributed by atoms with E-state index in [0.717, 1.165) is 30.1 Å². The first kappa shape index (κ1) is 23.9. The molecule has 0 radical (unpaired) electrons. The number of primary amides is 1. The molecule has 0 spiro atoms. The van der Waals surface area contributed by atoms with E-state index >= 15 is 0 Å². The molecule has 2 amide bonds. The van der Waals surface area contributed by atoms with E-state index in [9.17, 15) is 4.79 Å². The van der Waals surface area contributed by atoms with E-state index in [2.05, 4.69) is 17.5 Å². The van der Waals surface area contributed by atoms with Gasteiger partial charge in [-0.3, -0.25) is 0 Å². The number of ether oxygens (including phenoxy) is 4. The number of hydrogen-bond acceptors (Lipinski definition) is 6. The number of nitrogens with one attached hydrogen (secondary N) is 1. The molecule has 0 saturated carbocycles. The quantitative estimate of drug-likeness (QED) is 0.267. The second-order valence-electron chi connectivity index (χ2n) is 6.72. The Labute approximate surface area is 183 Å². The number of carbonyl (C=O) groups is 1. The lowest BCUT2D eigenvalue weighted by Crippen LogP contribution is -2.24. The van der Waals surface area contributed by atoms with Crippen LogP contribution < -0.4 is 30.1 Å². The maximum atomic E-state index is 10.6. The molecule has 0 aromatic heterocycles. The van der Waals surface area contributed by atoms with Gasteiger partial charge in [0.2, 0.25) is 0 Å². The first-order chi connectivity index (χ1) is 15.1. The molecule has 31 heavy (non-hydrogen) atoms. The third-order valence-electron chi connectivity index (χ3n) is 4.28. The van der Waals surface area contributed by atoms with Crippen molar-refractivity contribution in [2.45, 2.75) is 32.6 Å². The Hall–Kier alpha value is -3.42. The highest BCUT2D eigenvalue weighted by Crippen LogP contribution is 2.27. The van der Waals surface area contributed by atoms with E-state index in [1.54, 1.807) is 25.3 Å². The van der Waals surface area contributed by atoms with Gasteiger partial charge in [-0.15, -0.1) is 0 Å². The number of rotatable bonds is 14. The molecule has 0 bridgehead atoms. The summed E-state index contributed by atoms with van der Waals surface area (Å²) in [5.41, 5.74) is 7.82. The molecular formula is C23H31N3O5. The number of methoxy groups -OCH3 is 1. The predicted molar refractivity (Wildman–Crippen MR) is 120 cm³/mol. The summed E-state index contributed by atoms with van der Waals surface area (Å²) < 4.78 is 22.5. The van der Waals surface area contributed by atoms with Gasteiger partial charge in [0.1, 0.15) is 24.7 Å². The number of carbonyl (C=O) groups excluding carboxylic acids is 1. The highest BCUT2D eigenvalue weighted by molar-refractivity contribution is 5.82. The molecular weight excluding hydrogens is 398 g/mol. The molecule has 3 N–H and O–H groups in total. The van der Waals surface area contributed by atoms with Crippen LogP contribution in [0.3, 0.4) is 0 Å². The molecule has 2 rings (SSSR count). The number of amides is 2. The van der Waals surface area contributed by atoms with Gasteiger partial charge in [-0.2, -0.15) is 5.10 Å². The van der Waals surface area contributed by atoms with Gasteiger partial charge in [0.15, 0.2) is 11.5 Å². The fourth-order valence-electron chi connectivity index (χ4n) is 2.72. The summed E-state index contributed by atoms with van der Waals surface area (Å²) in [5, 5.41) is 3.71. The van der Waals surface area contributed by atoms with Gasteiger partial charge in [0, 0.05) is 0 Å². The Balaban J connectivity index is 1.74. The molecule has 0 saturated heterocycles. The predicted octanol–water partition coefficient (Wildman–Crippen LogP) is 4.11. The van der Waals surface area contributed by atoms with Crippen molar-refractivity contribution in [2.75, 3.05) is 26.9 Å².